The quantitative estimate of drug-likeness (QED) is 0.582. The molecule has 1 unspecified atom stereocenters. The van der Waals surface area contributed by atoms with E-state index in [1.54, 1.807) is 19.1 Å². The number of hydrogen-bond acceptors (Lipinski definition) is 2. The molecule has 0 spiro atoms. The Labute approximate surface area is 145 Å². The van der Waals surface area contributed by atoms with E-state index in [2.05, 4.69) is 26.8 Å². The van der Waals surface area contributed by atoms with Crippen LogP contribution in [0.5, 0.6) is 0 Å². The number of fused-ring (bicyclic) bond motifs is 1. The first-order chi connectivity index (χ1) is 11.5. The Morgan fingerprint density at radius 2 is 1.75 bits per heavy atom. The van der Waals surface area contributed by atoms with Crippen LogP contribution >= 0.6 is 0 Å². The lowest BCUT2D eigenvalue weighted by atomic mass is 9.83. The maximum Gasteiger partial charge on any atom is 0.190 e. The van der Waals surface area contributed by atoms with Crippen LogP contribution in [0, 0.1) is 5.92 Å². The molecule has 1 aliphatic rings. The molecule has 0 bridgehead atoms. The van der Waals surface area contributed by atoms with Gasteiger partial charge in [0.1, 0.15) is 0 Å². The second kappa shape index (κ2) is 8.23. The van der Waals surface area contributed by atoms with Crippen LogP contribution in [-0.2, 0) is 0 Å². The van der Waals surface area contributed by atoms with Crippen molar-refractivity contribution >= 4 is 11.6 Å². The number of hydrogen-bond donors (Lipinski definition) is 0. The van der Waals surface area contributed by atoms with Crippen molar-refractivity contribution < 1.29 is 9.59 Å². The zero-order chi connectivity index (χ0) is 17.7. The van der Waals surface area contributed by atoms with Crippen LogP contribution in [0.2, 0.25) is 0 Å². The fraction of sp³-hybridized carbons (Fsp3) is 0.455. The summed E-state index contributed by atoms with van der Waals surface area (Å²) < 4.78 is 0. The van der Waals surface area contributed by atoms with E-state index in [4.69, 9.17) is 0 Å². The molecule has 1 atom stereocenters. The molecule has 128 valence electrons. The van der Waals surface area contributed by atoms with Crippen molar-refractivity contribution in [3.8, 4) is 0 Å². The lowest BCUT2D eigenvalue weighted by Crippen LogP contribution is -2.20. The number of Topliss-reactive ketones (excluding diaryl/α,β-unsaturated/α-hetero) is 2. The van der Waals surface area contributed by atoms with Crippen LogP contribution in [0.1, 0.15) is 80.5 Å². The first kappa shape index (κ1) is 18.4. The standard InChI is InChI=1S/C22H28O2/c1-5-15(2)9-8-10-16(3)13-14-18-17(4)21(23)19-11-6-7-12-20(19)22(18)24/h6-7,11-13,15H,5,8-10,14H2,1-4H3/b16-13+. The molecule has 0 saturated carbocycles. The van der Waals surface area contributed by atoms with Crippen molar-refractivity contribution in [3.05, 3.63) is 58.2 Å². The smallest absolute Gasteiger partial charge is 0.190 e. The molecule has 2 rings (SSSR count). The Morgan fingerprint density at radius 1 is 1.12 bits per heavy atom. The van der Waals surface area contributed by atoms with Crippen LogP contribution in [0.3, 0.4) is 0 Å². The Kier molecular flexibility index (Phi) is 6.30. The van der Waals surface area contributed by atoms with Gasteiger partial charge in [0.25, 0.3) is 0 Å². The molecule has 0 fully saturated rings. The number of carbonyl (C=O) groups is 2. The Balaban J connectivity index is 2.07. The average molecular weight is 324 g/mol. The molecular formula is C22H28O2. The number of benzene rings is 1. The van der Waals surface area contributed by atoms with Crippen molar-refractivity contribution in [3.63, 3.8) is 0 Å². The summed E-state index contributed by atoms with van der Waals surface area (Å²) in [6, 6.07) is 7.12. The van der Waals surface area contributed by atoms with Crippen LogP contribution in [-0.4, -0.2) is 11.6 Å². The van der Waals surface area contributed by atoms with Crippen LogP contribution < -0.4 is 0 Å². The third-order valence-corrected chi connectivity index (χ3v) is 5.10. The summed E-state index contributed by atoms with van der Waals surface area (Å²) in [5.74, 6) is 0.770. The summed E-state index contributed by atoms with van der Waals surface area (Å²) in [6.45, 7) is 8.41. The molecule has 2 nitrogen and oxygen atoms in total. The van der Waals surface area contributed by atoms with Gasteiger partial charge in [-0.2, -0.15) is 0 Å². The highest BCUT2D eigenvalue weighted by atomic mass is 16.1. The molecule has 1 aromatic carbocycles. The maximum atomic E-state index is 12.7. The van der Waals surface area contributed by atoms with E-state index in [-0.39, 0.29) is 11.6 Å². The molecule has 0 radical (unpaired) electrons. The molecule has 0 heterocycles. The van der Waals surface area contributed by atoms with Crippen LogP contribution in [0.25, 0.3) is 0 Å². The zero-order valence-electron chi connectivity index (χ0n) is 15.3. The minimum atomic E-state index is -0.0111. The van der Waals surface area contributed by atoms with E-state index in [0.29, 0.717) is 28.7 Å². The summed E-state index contributed by atoms with van der Waals surface area (Å²) in [5.41, 5.74) is 3.64. The van der Waals surface area contributed by atoms with E-state index in [0.717, 1.165) is 12.3 Å². The molecular weight excluding hydrogens is 296 g/mol. The van der Waals surface area contributed by atoms with Crippen molar-refractivity contribution in [1.82, 2.24) is 0 Å². The van der Waals surface area contributed by atoms with Gasteiger partial charge in [0.2, 0.25) is 0 Å². The largest absolute Gasteiger partial charge is 0.289 e. The van der Waals surface area contributed by atoms with Crippen LogP contribution in [0.15, 0.2) is 47.1 Å². The summed E-state index contributed by atoms with van der Waals surface area (Å²) in [5, 5.41) is 0. The summed E-state index contributed by atoms with van der Waals surface area (Å²) >= 11 is 0. The van der Waals surface area contributed by atoms with Crippen molar-refractivity contribution in [1.29, 1.82) is 0 Å². The van der Waals surface area contributed by atoms with Gasteiger partial charge in [-0.25, -0.2) is 0 Å². The van der Waals surface area contributed by atoms with E-state index in [1.165, 1.54) is 24.8 Å². The van der Waals surface area contributed by atoms with Gasteiger partial charge in [0, 0.05) is 22.3 Å². The number of rotatable bonds is 7. The minimum absolute atomic E-state index is 0.00588. The Morgan fingerprint density at radius 3 is 2.38 bits per heavy atom. The topological polar surface area (TPSA) is 34.1 Å². The number of carbonyl (C=O) groups excluding carboxylic acids is 2. The Hall–Kier alpha value is -1.96. The zero-order valence-corrected chi connectivity index (χ0v) is 15.3. The normalized spacial score (nSPS) is 16.4. The highest BCUT2D eigenvalue weighted by Gasteiger charge is 2.28. The number of ketones is 2. The molecule has 0 aromatic heterocycles. The van der Waals surface area contributed by atoms with Gasteiger partial charge in [-0.05, 0) is 39.0 Å². The van der Waals surface area contributed by atoms with Gasteiger partial charge in [-0.15, -0.1) is 0 Å². The SMILES string of the molecule is CCC(C)CCC/C(C)=C/CC1=C(C)C(=O)c2ccccc2C1=O. The molecule has 1 aliphatic carbocycles. The Bertz CT molecular complexity index is 692. The molecule has 0 N–H and O–H groups in total. The maximum absolute atomic E-state index is 12.7. The number of allylic oxidation sites excluding steroid dienone is 4. The van der Waals surface area contributed by atoms with Gasteiger partial charge >= 0.3 is 0 Å². The van der Waals surface area contributed by atoms with E-state index < -0.39 is 0 Å². The van der Waals surface area contributed by atoms with Crippen molar-refractivity contribution in [2.75, 3.05) is 0 Å². The van der Waals surface area contributed by atoms with Gasteiger partial charge in [0.15, 0.2) is 11.6 Å². The fourth-order valence-corrected chi connectivity index (χ4v) is 3.11. The van der Waals surface area contributed by atoms with Crippen LogP contribution in [0.4, 0.5) is 0 Å². The van der Waals surface area contributed by atoms with Gasteiger partial charge in [0.05, 0.1) is 0 Å². The predicted molar refractivity (Wildman–Crippen MR) is 99.5 cm³/mol. The summed E-state index contributed by atoms with van der Waals surface area (Å²) in [4.78, 5) is 25.2. The highest BCUT2D eigenvalue weighted by molar-refractivity contribution is 6.26. The minimum Gasteiger partial charge on any atom is -0.289 e. The first-order valence-electron chi connectivity index (χ1n) is 8.99. The second-order valence-corrected chi connectivity index (χ2v) is 6.97. The third-order valence-electron chi connectivity index (χ3n) is 5.10. The molecule has 2 heteroatoms. The van der Waals surface area contributed by atoms with Crippen molar-refractivity contribution in [2.45, 2.75) is 59.8 Å². The van der Waals surface area contributed by atoms with E-state index in [9.17, 15) is 9.59 Å². The molecule has 24 heavy (non-hydrogen) atoms. The molecule has 0 aliphatic heterocycles. The molecule has 0 amide bonds. The van der Waals surface area contributed by atoms with E-state index >= 15 is 0 Å². The molecule has 1 aromatic rings. The average Bonchev–Trinajstić information content (AvgIpc) is 2.59. The van der Waals surface area contributed by atoms with Gasteiger partial charge in [-0.1, -0.05) is 62.6 Å². The third kappa shape index (κ3) is 4.11. The van der Waals surface area contributed by atoms with Crippen molar-refractivity contribution in [2.24, 2.45) is 5.92 Å². The fourth-order valence-electron chi connectivity index (χ4n) is 3.11. The monoisotopic (exact) mass is 324 g/mol. The molecule has 0 saturated heterocycles. The summed E-state index contributed by atoms with van der Waals surface area (Å²) in [7, 11) is 0. The lowest BCUT2D eigenvalue weighted by molar-refractivity contribution is 0.0973. The predicted octanol–water partition coefficient (Wildman–Crippen LogP) is 5.93. The first-order valence-corrected chi connectivity index (χ1v) is 8.99. The van der Waals surface area contributed by atoms with Gasteiger partial charge < -0.3 is 0 Å². The lowest BCUT2D eigenvalue weighted by Gasteiger charge is -2.18. The van der Waals surface area contributed by atoms with Gasteiger partial charge in [-0.3, -0.25) is 9.59 Å². The summed E-state index contributed by atoms with van der Waals surface area (Å²) in [6.07, 6.45) is 7.40. The van der Waals surface area contributed by atoms with E-state index in [1.807, 2.05) is 12.1 Å². The highest BCUT2D eigenvalue weighted by Crippen LogP contribution is 2.28. The second-order valence-electron chi connectivity index (χ2n) is 6.97.